The fourth-order valence-corrected chi connectivity index (χ4v) is 2.77. The number of hydrogen-bond acceptors (Lipinski definition) is 3. The molecule has 0 aliphatic heterocycles. The topological polar surface area (TPSA) is 27.7 Å². The fourth-order valence-electron chi connectivity index (χ4n) is 1.21. The highest BCUT2D eigenvalue weighted by Gasteiger charge is 2.21. The lowest BCUT2D eigenvalue weighted by Gasteiger charge is -2.24. The normalized spacial score (nSPS) is 13.4. The van der Waals surface area contributed by atoms with Gasteiger partial charge in [-0.25, -0.2) is 0 Å². The lowest BCUT2D eigenvalue weighted by atomic mass is 10.2. The summed E-state index contributed by atoms with van der Waals surface area (Å²) in [5, 5.41) is 0. The second-order valence-electron chi connectivity index (χ2n) is 7.06. The van der Waals surface area contributed by atoms with Gasteiger partial charge in [0, 0.05) is 0 Å². The Balaban J connectivity index is 4.76. The first-order valence-corrected chi connectivity index (χ1v) is 13.6. The van der Waals surface area contributed by atoms with Gasteiger partial charge < -0.3 is 13.6 Å². The maximum absolute atomic E-state index is 5.93. The molecule has 19 heavy (non-hydrogen) atoms. The monoisotopic (exact) mass is 302 g/mol. The molecule has 0 atom stereocenters. The Morgan fingerprint density at radius 3 is 1.84 bits per heavy atom. The molecular formula is C14H30O3Si2. The van der Waals surface area contributed by atoms with Crippen LogP contribution in [0.15, 0.2) is 24.4 Å². The molecule has 0 saturated heterocycles. The van der Waals surface area contributed by atoms with Crippen molar-refractivity contribution in [1.29, 1.82) is 0 Å². The maximum atomic E-state index is 5.93. The third-order valence-corrected chi connectivity index (χ3v) is 3.37. The van der Waals surface area contributed by atoms with Crippen LogP contribution in [-0.2, 0) is 13.6 Å². The molecular weight excluding hydrogens is 272 g/mol. The number of rotatable bonds is 8. The van der Waals surface area contributed by atoms with E-state index in [1.165, 1.54) is 0 Å². The van der Waals surface area contributed by atoms with E-state index in [4.69, 9.17) is 13.6 Å². The number of allylic oxidation sites excluding steroid dienone is 1. The minimum atomic E-state index is -1.70. The molecule has 0 N–H and O–H groups in total. The molecule has 0 aliphatic rings. The van der Waals surface area contributed by atoms with Crippen LogP contribution in [0.25, 0.3) is 0 Å². The SMILES string of the molecule is C=C(/C=C(\OCC(C)C)O[Si](C)(C)C)O[Si](C)(C)C. The standard InChI is InChI=1S/C14H30O3Si2/c1-12(2)11-15-14(17-19(7,8)9)10-13(3)16-18(4,5)6/h10,12H,3,11H2,1-2,4-9H3/b14-10+. The van der Waals surface area contributed by atoms with Gasteiger partial charge in [-0.05, 0) is 45.2 Å². The van der Waals surface area contributed by atoms with E-state index in [1.54, 1.807) is 6.08 Å². The third-order valence-electron chi connectivity index (χ3n) is 1.68. The van der Waals surface area contributed by atoms with E-state index in [2.05, 4.69) is 59.7 Å². The van der Waals surface area contributed by atoms with Crippen LogP contribution >= 0.6 is 0 Å². The van der Waals surface area contributed by atoms with Crippen LogP contribution in [0.3, 0.4) is 0 Å². The van der Waals surface area contributed by atoms with Crippen LogP contribution in [0.4, 0.5) is 0 Å². The number of hydrogen-bond donors (Lipinski definition) is 0. The van der Waals surface area contributed by atoms with Gasteiger partial charge in [-0.15, -0.1) is 0 Å². The molecule has 0 radical (unpaired) electrons. The van der Waals surface area contributed by atoms with Gasteiger partial charge in [0.1, 0.15) is 5.76 Å². The van der Waals surface area contributed by atoms with Crippen LogP contribution in [0.1, 0.15) is 13.8 Å². The molecule has 112 valence electrons. The highest BCUT2D eigenvalue weighted by molar-refractivity contribution is 6.70. The van der Waals surface area contributed by atoms with E-state index >= 15 is 0 Å². The Kier molecular flexibility index (Phi) is 6.93. The minimum Gasteiger partial charge on any atom is -0.545 e. The summed E-state index contributed by atoms with van der Waals surface area (Å²) in [5.41, 5.74) is 0. The number of ether oxygens (including phenoxy) is 1. The van der Waals surface area contributed by atoms with Crippen molar-refractivity contribution in [2.24, 2.45) is 5.92 Å². The first-order valence-electron chi connectivity index (χ1n) is 6.80. The van der Waals surface area contributed by atoms with E-state index in [-0.39, 0.29) is 0 Å². The molecule has 0 fully saturated rings. The average molecular weight is 303 g/mol. The van der Waals surface area contributed by atoms with Crippen molar-refractivity contribution in [1.82, 2.24) is 0 Å². The molecule has 0 aromatic carbocycles. The van der Waals surface area contributed by atoms with Crippen molar-refractivity contribution in [3.63, 3.8) is 0 Å². The first kappa shape index (κ1) is 18.3. The van der Waals surface area contributed by atoms with E-state index in [9.17, 15) is 0 Å². The molecule has 3 nitrogen and oxygen atoms in total. The second-order valence-corrected chi connectivity index (χ2v) is 15.9. The molecule has 0 bridgehead atoms. The Morgan fingerprint density at radius 2 is 1.47 bits per heavy atom. The van der Waals surface area contributed by atoms with E-state index in [1.807, 2.05) is 0 Å². The average Bonchev–Trinajstić information content (AvgIpc) is 2.08. The van der Waals surface area contributed by atoms with Crippen molar-refractivity contribution < 1.29 is 13.6 Å². The zero-order valence-corrected chi connectivity index (χ0v) is 15.8. The minimum absolute atomic E-state index is 0.458. The van der Waals surface area contributed by atoms with Crippen molar-refractivity contribution in [2.45, 2.75) is 53.1 Å². The summed E-state index contributed by atoms with van der Waals surface area (Å²) in [6, 6.07) is 0. The van der Waals surface area contributed by atoms with Gasteiger partial charge in [-0.3, -0.25) is 0 Å². The van der Waals surface area contributed by atoms with Crippen LogP contribution in [-0.4, -0.2) is 23.2 Å². The van der Waals surface area contributed by atoms with Crippen LogP contribution < -0.4 is 0 Å². The van der Waals surface area contributed by atoms with E-state index in [0.29, 0.717) is 24.2 Å². The van der Waals surface area contributed by atoms with Crippen molar-refractivity contribution in [3.05, 3.63) is 24.4 Å². The van der Waals surface area contributed by atoms with Crippen molar-refractivity contribution in [2.75, 3.05) is 6.61 Å². The Hall–Kier alpha value is -0.686. The predicted molar refractivity (Wildman–Crippen MR) is 86.9 cm³/mol. The highest BCUT2D eigenvalue weighted by Crippen LogP contribution is 2.17. The van der Waals surface area contributed by atoms with Gasteiger partial charge in [-0.1, -0.05) is 20.4 Å². The predicted octanol–water partition coefficient (Wildman–Crippen LogP) is 4.72. The Morgan fingerprint density at radius 1 is 1.00 bits per heavy atom. The van der Waals surface area contributed by atoms with E-state index in [0.717, 1.165) is 0 Å². The molecule has 0 aromatic rings. The first-order chi connectivity index (χ1) is 8.39. The van der Waals surface area contributed by atoms with Crippen LogP contribution in [0, 0.1) is 5.92 Å². The molecule has 0 heterocycles. The Bertz CT molecular complexity index is 323. The van der Waals surface area contributed by atoms with Crippen LogP contribution in [0.2, 0.25) is 39.3 Å². The highest BCUT2D eigenvalue weighted by atomic mass is 28.4. The van der Waals surface area contributed by atoms with Gasteiger partial charge >= 0.3 is 0 Å². The summed E-state index contributed by atoms with van der Waals surface area (Å²) in [7, 11) is -3.33. The van der Waals surface area contributed by atoms with Gasteiger partial charge in [0.15, 0.2) is 0 Å². The molecule has 0 aromatic heterocycles. The van der Waals surface area contributed by atoms with Gasteiger partial charge in [0.2, 0.25) is 16.6 Å². The molecule has 5 heteroatoms. The zero-order valence-electron chi connectivity index (χ0n) is 13.8. The van der Waals surface area contributed by atoms with E-state index < -0.39 is 16.6 Å². The van der Waals surface area contributed by atoms with Gasteiger partial charge in [0.25, 0.3) is 5.95 Å². The molecule has 0 spiro atoms. The van der Waals surface area contributed by atoms with Gasteiger partial charge in [0.05, 0.1) is 12.7 Å². The fraction of sp³-hybridized carbons (Fsp3) is 0.714. The summed E-state index contributed by atoms with van der Waals surface area (Å²) in [4.78, 5) is 0. The molecule has 0 rings (SSSR count). The molecule has 0 aliphatic carbocycles. The van der Waals surface area contributed by atoms with Crippen molar-refractivity contribution >= 4 is 16.6 Å². The summed E-state index contributed by atoms with van der Waals surface area (Å²) >= 11 is 0. The largest absolute Gasteiger partial charge is 0.545 e. The quantitative estimate of drug-likeness (QED) is 0.369. The lowest BCUT2D eigenvalue weighted by Crippen LogP contribution is -2.27. The molecule has 0 saturated carbocycles. The van der Waals surface area contributed by atoms with Crippen LogP contribution in [0.5, 0.6) is 0 Å². The summed E-state index contributed by atoms with van der Waals surface area (Å²) in [5.74, 6) is 1.62. The maximum Gasteiger partial charge on any atom is 0.268 e. The summed E-state index contributed by atoms with van der Waals surface area (Å²) < 4.78 is 17.5. The molecule has 0 unspecified atom stereocenters. The summed E-state index contributed by atoms with van der Waals surface area (Å²) in [6.45, 7) is 21.5. The third kappa shape index (κ3) is 12.1. The zero-order chi connectivity index (χ0) is 15.3. The van der Waals surface area contributed by atoms with Gasteiger partial charge in [-0.2, -0.15) is 0 Å². The van der Waals surface area contributed by atoms with Crippen molar-refractivity contribution in [3.8, 4) is 0 Å². The Labute approximate surface area is 120 Å². The smallest absolute Gasteiger partial charge is 0.268 e. The summed E-state index contributed by atoms with van der Waals surface area (Å²) in [6.07, 6.45) is 1.78. The second kappa shape index (κ2) is 7.19. The molecule has 0 amide bonds. The lowest BCUT2D eigenvalue weighted by molar-refractivity contribution is 0.0840.